The van der Waals surface area contributed by atoms with Gasteiger partial charge in [0, 0.05) is 39.9 Å². The Kier molecular flexibility index (Phi) is 5.71. The molecule has 2 nitrogen and oxygen atoms in total. The van der Waals surface area contributed by atoms with Crippen molar-refractivity contribution in [3.8, 4) is 0 Å². The van der Waals surface area contributed by atoms with Crippen LogP contribution in [0.5, 0.6) is 0 Å². The Labute approximate surface area is 169 Å². The van der Waals surface area contributed by atoms with Gasteiger partial charge >= 0.3 is 0 Å². The zero-order chi connectivity index (χ0) is 19.8. The maximum Gasteiger partial charge on any atom is 0.0442 e. The van der Waals surface area contributed by atoms with E-state index in [-0.39, 0.29) is 5.41 Å². The standard InChI is InChI=1S/C24H34N2S/c1-16-11-21(12-17(2)23(16)25-18(3)14-24(5,6)7)26-10-8-9-22-20(15-26)13-19(4)27-22/h11-13,25H,3,8-10,14-15H2,1-2,4-7H3. The first-order valence-corrected chi connectivity index (χ1v) is 10.8. The Hall–Kier alpha value is -1.74. The third kappa shape index (κ3) is 4.95. The number of thiophene rings is 1. The Bertz CT molecular complexity index is 816. The second-order valence-electron chi connectivity index (χ2n) is 9.25. The third-order valence-corrected chi connectivity index (χ3v) is 6.29. The van der Waals surface area contributed by atoms with Crippen LogP contribution in [0, 0.1) is 26.2 Å². The van der Waals surface area contributed by atoms with E-state index in [0.29, 0.717) is 0 Å². The first-order valence-electron chi connectivity index (χ1n) is 10.0. The predicted octanol–water partition coefficient (Wildman–Crippen LogP) is 6.99. The van der Waals surface area contributed by atoms with Crippen LogP contribution in [0.1, 0.15) is 60.1 Å². The number of nitrogens with zero attached hydrogens (tertiary/aromatic N) is 1. The molecule has 1 aliphatic rings. The molecule has 0 bridgehead atoms. The zero-order valence-electron chi connectivity index (χ0n) is 17.8. The van der Waals surface area contributed by atoms with Gasteiger partial charge in [0.2, 0.25) is 0 Å². The van der Waals surface area contributed by atoms with Crippen LogP contribution < -0.4 is 10.2 Å². The minimum Gasteiger partial charge on any atom is -0.367 e. The minimum atomic E-state index is 0.244. The fourth-order valence-corrected chi connectivity index (χ4v) is 5.17. The second kappa shape index (κ2) is 7.71. The molecule has 2 heterocycles. The Balaban J connectivity index is 1.81. The van der Waals surface area contributed by atoms with Gasteiger partial charge in [0.05, 0.1) is 0 Å². The van der Waals surface area contributed by atoms with Crippen LogP contribution >= 0.6 is 11.3 Å². The van der Waals surface area contributed by atoms with Crippen molar-refractivity contribution in [2.45, 2.75) is 67.3 Å². The summed E-state index contributed by atoms with van der Waals surface area (Å²) in [5.74, 6) is 0. The van der Waals surface area contributed by atoms with Crippen molar-refractivity contribution in [2.24, 2.45) is 5.41 Å². The van der Waals surface area contributed by atoms with Gasteiger partial charge in [-0.1, -0.05) is 27.4 Å². The van der Waals surface area contributed by atoms with Gasteiger partial charge in [0.25, 0.3) is 0 Å². The van der Waals surface area contributed by atoms with Crippen LogP contribution in [0.4, 0.5) is 11.4 Å². The summed E-state index contributed by atoms with van der Waals surface area (Å²) in [6.07, 6.45) is 3.42. The molecule has 3 heteroatoms. The molecule has 1 aromatic heterocycles. The molecule has 0 atom stereocenters. The molecule has 27 heavy (non-hydrogen) atoms. The Morgan fingerprint density at radius 2 is 1.81 bits per heavy atom. The smallest absolute Gasteiger partial charge is 0.0442 e. The van der Waals surface area contributed by atoms with E-state index in [1.165, 1.54) is 45.8 Å². The highest BCUT2D eigenvalue weighted by Crippen LogP contribution is 2.34. The van der Waals surface area contributed by atoms with Crippen LogP contribution in [0.15, 0.2) is 30.5 Å². The van der Waals surface area contributed by atoms with Crippen molar-refractivity contribution in [2.75, 3.05) is 16.8 Å². The summed E-state index contributed by atoms with van der Waals surface area (Å²) in [7, 11) is 0. The number of rotatable bonds is 4. The van der Waals surface area contributed by atoms with E-state index in [9.17, 15) is 0 Å². The highest BCUT2D eigenvalue weighted by molar-refractivity contribution is 7.12. The van der Waals surface area contributed by atoms with Crippen LogP contribution in [-0.2, 0) is 13.0 Å². The third-order valence-electron chi connectivity index (χ3n) is 5.14. The largest absolute Gasteiger partial charge is 0.367 e. The van der Waals surface area contributed by atoms with Gasteiger partial charge in [-0.05, 0) is 80.3 Å². The van der Waals surface area contributed by atoms with E-state index >= 15 is 0 Å². The summed E-state index contributed by atoms with van der Waals surface area (Å²) in [6.45, 7) is 19.8. The lowest BCUT2D eigenvalue weighted by atomic mass is 9.90. The molecule has 3 rings (SSSR count). The van der Waals surface area contributed by atoms with E-state index in [1.54, 1.807) is 4.88 Å². The molecular formula is C24H34N2S. The van der Waals surface area contributed by atoms with Gasteiger partial charge < -0.3 is 10.2 Å². The molecule has 1 aromatic carbocycles. The molecule has 0 saturated carbocycles. The van der Waals surface area contributed by atoms with Gasteiger partial charge in [-0.3, -0.25) is 0 Å². The SMILES string of the molecule is C=C(CC(C)(C)C)Nc1c(C)cc(N2CCCc3sc(C)cc3C2)cc1C. The monoisotopic (exact) mass is 382 g/mol. The first-order chi connectivity index (χ1) is 12.6. The van der Waals surface area contributed by atoms with E-state index in [2.05, 4.69) is 76.5 Å². The molecule has 1 aliphatic heterocycles. The normalized spacial score (nSPS) is 14.7. The van der Waals surface area contributed by atoms with E-state index in [4.69, 9.17) is 0 Å². The van der Waals surface area contributed by atoms with Crippen molar-refractivity contribution >= 4 is 22.7 Å². The van der Waals surface area contributed by atoms with Crippen molar-refractivity contribution in [1.82, 2.24) is 0 Å². The van der Waals surface area contributed by atoms with Gasteiger partial charge in [0.1, 0.15) is 0 Å². The minimum absolute atomic E-state index is 0.244. The van der Waals surface area contributed by atoms with Crippen LogP contribution in [0.3, 0.4) is 0 Å². The number of anilines is 2. The maximum atomic E-state index is 4.25. The van der Waals surface area contributed by atoms with Crippen molar-refractivity contribution < 1.29 is 0 Å². The molecular weight excluding hydrogens is 348 g/mol. The summed E-state index contributed by atoms with van der Waals surface area (Å²) in [4.78, 5) is 5.57. The fourth-order valence-electron chi connectivity index (χ4n) is 4.08. The van der Waals surface area contributed by atoms with Crippen LogP contribution in [-0.4, -0.2) is 6.54 Å². The lowest BCUT2D eigenvalue weighted by Gasteiger charge is -2.26. The Morgan fingerprint density at radius 1 is 1.15 bits per heavy atom. The lowest BCUT2D eigenvalue weighted by Crippen LogP contribution is -2.22. The van der Waals surface area contributed by atoms with Crippen molar-refractivity contribution in [3.63, 3.8) is 0 Å². The molecule has 0 aliphatic carbocycles. The molecule has 0 unspecified atom stereocenters. The predicted molar refractivity (Wildman–Crippen MR) is 121 cm³/mol. The summed E-state index contributed by atoms with van der Waals surface area (Å²) in [5, 5.41) is 3.59. The Morgan fingerprint density at radius 3 is 2.44 bits per heavy atom. The molecule has 0 fully saturated rings. The number of hydrogen-bond acceptors (Lipinski definition) is 3. The quantitative estimate of drug-likeness (QED) is 0.613. The number of nitrogens with one attached hydrogen (secondary N) is 1. The topological polar surface area (TPSA) is 15.3 Å². The van der Waals surface area contributed by atoms with Gasteiger partial charge in [0.15, 0.2) is 0 Å². The average molecular weight is 383 g/mol. The summed E-state index contributed by atoms with van der Waals surface area (Å²) < 4.78 is 0. The fraction of sp³-hybridized carbons (Fsp3) is 0.500. The summed E-state index contributed by atoms with van der Waals surface area (Å²) in [5.41, 5.74) is 8.01. The van der Waals surface area contributed by atoms with Gasteiger partial charge in [-0.25, -0.2) is 0 Å². The van der Waals surface area contributed by atoms with E-state index < -0.39 is 0 Å². The number of benzene rings is 1. The highest BCUT2D eigenvalue weighted by Gasteiger charge is 2.19. The van der Waals surface area contributed by atoms with Crippen molar-refractivity contribution in [3.05, 3.63) is 56.9 Å². The average Bonchev–Trinajstić information content (AvgIpc) is 2.76. The number of aryl methyl sites for hydroxylation is 4. The number of fused-ring (bicyclic) bond motifs is 1. The molecule has 0 saturated heterocycles. The maximum absolute atomic E-state index is 4.25. The van der Waals surface area contributed by atoms with Gasteiger partial charge in [-0.2, -0.15) is 0 Å². The zero-order valence-corrected chi connectivity index (χ0v) is 18.6. The summed E-state index contributed by atoms with van der Waals surface area (Å²) in [6, 6.07) is 7.05. The molecule has 1 N–H and O–H groups in total. The van der Waals surface area contributed by atoms with Crippen molar-refractivity contribution in [1.29, 1.82) is 0 Å². The van der Waals surface area contributed by atoms with Gasteiger partial charge in [-0.15, -0.1) is 11.3 Å². The van der Waals surface area contributed by atoms with Crippen LogP contribution in [0.25, 0.3) is 0 Å². The highest BCUT2D eigenvalue weighted by atomic mass is 32.1. The number of hydrogen-bond donors (Lipinski definition) is 1. The van der Waals surface area contributed by atoms with Crippen LogP contribution in [0.2, 0.25) is 0 Å². The first kappa shape index (κ1) is 20.0. The molecule has 0 amide bonds. The second-order valence-corrected chi connectivity index (χ2v) is 10.6. The van der Waals surface area contributed by atoms with E-state index in [0.717, 1.165) is 25.2 Å². The lowest BCUT2D eigenvalue weighted by molar-refractivity contribution is 0.411. The molecule has 2 aromatic rings. The molecule has 146 valence electrons. The summed E-state index contributed by atoms with van der Waals surface area (Å²) >= 11 is 1.97. The number of allylic oxidation sites excluding steroid dienone is 1. The molecule has 0 radical (unpaired) electrons. The molecule has 0 spiro atoms. The van der Waals surface area contributed by atoms with E-state index in [1.807, 2.05) is 11.3 Å².